The summed E-state index contributed by atoms with van der Waals surface area (Å²) in [7, 11) is 0. The van der Waals surface area contributed by atoms with Gasteiger partial charge in [-0.2, -0.15) is 4.98 Å². The molecule has 6 heteroatoms. The van der Waals surface area contributed by atoms with E-state index in [0.717, 1.165) is 37.0 Å². The van der Waals surface area contributed by atoms with Crippen LogP contribution in [0.25, 0.3) is 11.1 Å². The van der Waals surface area contributed by atoms with Gasteiger partial charge in [0.25, 0.3) is 6.01 Å². The summed E-state index contributed by atoms with van der Waals surface area (Å²) in [5.41, 5.74) is 1.90. The van der Waals surface area contributed by atoms with Crippen LogP contribution in [0.2, 0.25) is 0 Å². The van der Waals surface area contributed by atoms with E-state index in [9.17, 15) is 4.79 Å². The lowest BCUT2D eigenvalue weighted by Crippen LogP contribution is -2.26. The summed E-state index contributed by atoms with van der Waals surface area (Å²) in [6.45, 7) is 4.29. The number of aromatic nitrogens is 1. The first kappa shape index (κ1) is 17.8. The molecule has 0 aliphatic heterocycles. The van der Waals surface area contributed by atoms with E-state index in [4.69, 9.17) is 14.3 Å². The van der Waals surface area contributed by atoms with Gasteiger partial charge in [-0.15, -0.1) is 0 Å². The zero-order valence-corrected chi connectivity index (χ0v) is 14.7. The molecule has 2 aromatic carbocycles. The number of rotatable bonds is 9. The number of benzene rings is 2. The van der Waals surface area contributed by atoms with Gasteiger partial charge in [0.1, 0.15) is 11.3 Å². The molecular weight excluding hydrogens is 332 g/mol. The second kappa shape index (κ2) is 8.38. The highest BCUT2D eigenvalue weighted by Gasteiger charge is 2.13. The summed E-state index contributed by atoms with van der Waals surface area (Å²) in [6, 6.07) is 14.8. The Bertz CT molecular complexity index is 825. The van der Waals surface area contributed by atoms with Crippen LogP contribution in [0, 0.1) is 0 Å². The molecule has 1 N–H and O–H groups in total. The minimum absolute atomic E-state index is 0.252. The molecule has 136 valence electrons. The average molecular weight is 354 g/mol. The van der Waals surface area contributed by atoms with Crippen molar-refractivity contribution in [1.82, 2.24) is 4.98 Å². The number of oxazole rings is 1. The molecule has 6 nitrogen and oxygen atoms in total. The number of hydrogen-bond donors (Lipinski definition) is 1. The Morgan fingerprint density at radius 3 is 2.62 bits per heavy atom. The molecular formula is C20H22N2O4. The van der Waals surface area contributed by atoms with Crippen molar-refractivity contribution in [3.05, 3.63) is 54.1 Å². The van der Waals surface area contributed by atoms with Crippen molar-refractivity contribution in [3.8, 4) is 5.75 Å². The van der Waals surface area contributed by atoms with Crippen molar-refractivity contribution in [2.75, 3.05) is 24.6 Å². The molecule has 3 aromatic rings. The van der Waals surface area contributed by atoms with E-state index < -0.39 is 5.97 Å². The largest absolute Gasteiger partial charge is 0.494 e. The molecule has 1 heterocycles. The number of ether oxygens (including phenoxy) is 1. The van der Waals surface area contributed by atoms with Crippen LogP contribution >= 0.6 is 0 Å². The maximum absolute atomic E-state index is 10.8. The molecule has 0 aliphatic rings. The van der Waals surface area contributed by atoms with Gasteiger partial charge >= 0.3 is 5.97 Å². The molecule has 0 bridgehead atoms. The van der Waals surface area contributed by atoms with E-state index in [1.54, 1.807) is 24.3 Å². The van der Waals surface area contributed by atoms with E-state index in [1.165, 1.54) is 0 Å². The van der Waals surface area contributed by atoms with Gasteiger partial charge < -0.3 is 19.2 Å². The lowest BCUT2D eigenvalue weighted by Gasteiger charge is -2.19. The third-order valence-corrected chi connectivity index (χ3v) is 3.99. The maximum Gasteiger partial charge on any atom is 0.335 e. The van der Waals surface area contributed by atoms with Crippen LogP contribution in [-0.2, 0) is 0 Å². The molecule has 26 heavy (non-hydrogen) atoms. The lowest BCUT2D eigenvalue weighted by molar-refractivity contribution is 0.0697. The van der Waals surface area contributed by atoms with Crippen LogP contribution < -0.4 is 9.64 Å². The van der Waals surface area contributed by atoms with Crippen LogP contribution in [0.1, 0.15) is 30.1 Å². The first-order chi connectivity index (χ1) is 12.7. The summed E-state index contributed by atoms with van der Waals surface area (Å²) < 4.78 is 11.5. The highest BCUT2D eigenvalue weighted by molar-refractivity contribution is 5.87. The van der Waals surface area contributed by atoms with Gasteiger partial charge in [-0.05, 0) is 49.2 Å². The molecule has 0 atom stereocenters. The summed E-state index contributed by atoms with van der Waals surface area (Å²) in [4.78, 5) is 17.5. The molecule has 0 saturated carbocycles. The van der Waals surface area contributed by atoms with Crippen LogP contribution in [0.5, 0.6) is 5.75 Å². The fourth-order valence-corrected chi connectivity index (χ4v) is 2.71. The highest BCUT2D eigenvalue weighted by Crippen LogP contribution is 2.22. The smallest absolute Gasteiger partial charge is 0.335 e. The summed E-state index contributed by atoms with van der Waals surface area (Å²) >= 11 is 0. The third kappa shape index (κ3) is 4.33. The lowest BCUT2D eigenvalue weighted by atomic mass is 10.2. The molecule has 0 spiro atoms. The second-order valence-electron chi connectivity index (χ2n) is 5.98. The van der Waals surface area contributed by atoms with Crippen LogP contribution in [0.15, 0.2) is 52.9 Å². The van der Waals surface area contributed by atoms with E-state index in [-0.39, 0.29) is 5.56 Å². The second-order valence-corrected chi connectivity index (χ2v) is 5.98. The molecule has 0 radical (unpaired) electrons. The Kier molecular flexibility index (Phi) is 5.73. The Morgan fingerprint density at radius 2 is 1.92 bits per heavy atom. The summed E-state index contributed by atoms with van der Waals surface area (Å²) in [5, 5.41) is 8.90. The molecule has 0 amide bonds. The topological polar surface area (TPSA) is 75.8 Å². The van der Waals surface area contributed by atoms with Gasteiger partial charge in [0, 0.05) is 13.1 Å². The van der Waals surface area contributed by atoms with Crippen molar-refractivity contribution in [2.24, 2.45) is 0 Å². The van der Waals surface area contributed by atoms with Crippen molar-refractivity contribution >= 4 is 23.1 Å². The van der Waals surface area contributed by atoms with Crippen LogP contribution in [0.3, 0.4) is 0 Å². The highest BCUT2D eigenvalue weighted by atomic mass is 16.5. The zero-order chi connectivity index (χ0) is 18.4. The van der Waals surface area contributed by atoms with Gasteiger partial charge in [-0.3, -0.25) is 0 Å². The molecule has 3 rings (SSSR count). The number of para-hydroxylation sites is 2. The SMILES string of the molecule is CCCN(CCCOc1ccc(C(=O)O)cc1)c1nc2ccccc2o1. The fourth-order valence-electron chi connectivity index (χ4n) is 2.71. The Labute approximate surface area is 152 Å². The minimum Gasteiger partial charge on any atom is -0.494 e. The first-order valence-corrected chi connectivity index (χ1v) is 8.74. The van der Waals surface area contributed by atoms with Crippen molar-refractivity contribution < 1.29 is 19.1 Å². The predicted octanol–water partition coefficient (Wildman–Crippen LogP) is 4.21. The fraction of sp³-hybridized carbons (Fsp3) is 0.300. The number of carbonyl (C=O) groups is 1. The first-order valence-electron chi connectivity index (χ1n) is 8.74. The Morgan fingerprint density at radius 1 is 1.15 bits per heavy atom. The van der Waals surface area contributed by atoms with Crippen molar-refractivity contribution in [2.45, 2.75) is 19.8 Å². The number of carboxylic acid groups (broad SMARTS) is 1. The molecule has 1 aromatic heterocycles. The van der Waals surface area contributed by atoms with Gasteiger partial charge in [-0.1, -0.05) is 19.1 Å². The number of fused-ring (bicyclic) bond motifs is 1. The monoisotopic (exact) mass is 354 g/mol. The van der Waals surface area contributed by atoms with E-state index in [2.05, 4.69) is 16.8 Å². The standard InChI is InChI=1S/C20H22N2O4/c1-2-12-22(20-21-17-6-3-4-7-18(17)26-20)13-5-14-25-16-10-8-15(9-11-16)19(23)24/h3-4,6-11H,2,5,12-14H2,1H3,(H,23,24). The van der Waals surface area contributed by atoms with Crippen LogP contribution in [0.4, 0.5) is 6.01 Å². The minimum atomic E-state index is -0.940. The maximum atomic E-state index is 10.8. The van der Waals surface area contributed by atoms with Gasteiger partial charge in [0.05, 0.1) is 12.2 Å². The van der Waals surface area contributed by atoms with Gasteiger partial charge in [0.2, 0.25) is 0 Å². The van der Waals surface area contributed by atoms with E-state index in [0.29, 0.717) is 18.4 Å². The van der Waals surface area contributed by atoms with Gasteiger partial charge in [0.15, 0.2) is 5.58 Å². The Balaban J connectivity index is 1.54. The van der Waals surface area contributed by atoms with Gasteiger partial charge in [-0.25, -0.2) is 4.79 Å². The van der Waals surface area contributed by atoms with E-state index >= 15 is 0 Å². The third-order valence-electron chi connectivity index (χ3n) is 3.99. The number of carboxylic acids is 1. The average Bonchev–Trinajstić information content (AvgIpc) is 3.08. The molecule has 0 aliphatic carbocycles. The zero-order valence-electron chi connectivity index (χ0n) is 14.7. The molecule has 0 fully saturated rings. The Hall–Kier alpha value is -3.02. The number of hydrogen-bond acceptors (Lipinski definition) is 5. The van der Waals surface area contributed by atoms with Crippen molar-refractivity contribution in [3.63, 3.8) is 0 Å². The van der Waals surface area contributed by atoms with Crippen molar-refractivity contribution in [1.29, 1.82) is 0 Å². The number of nitrogens with zero attached hydrogens (tertiary/aromatic N) is 2. The molecule has 0 unspecified atom stereocenters. The van der Waals surface area contributed by atoms with E-state index in [1.807, 2.05) is 24.3 Å². The number of aromatic carboxylic acids is 1. The molecule has 0 saturated heterocycles. The van der Waals surface area contributed by atoms with Crippen LogP contribution in [-0.4, -0.2) is 35.8 Å². The quantitative estimate of drug-likeness (QED) is 0.580. The summed E-state index contributed by atoms with van der Waals surface area (Å²) in [6.07, 6.45) is 1.80. The predicted molar refractivity (Wildman–Crippen MR) is 100 cm³/mol. The normalized spacial score (nSPS) is 10.8. The summed E-state index contributed by atoms with van der Waals surface area (Å²) in [5.74, 6) is -0.274. The number of anilines is 1.